The van der Waals surface area contributed by atoms with Gasteiger partial charge < -0.3 is 9.47 Å². The van der Waals surface area contributed by atoms with Gasteiger partial charge in [-0.1, -0.05) is 30.3 Å². The Hall–Kier alpha value is -3.76. The molecule has 0 unspecified atom stereocenters. The highest BCUT2D eigenvalue weighted by Crippen LogP contribution is 2.27. The van der Waals surface area contributed by atoms with Crippen molar-refractivity contribution >= 4 is 22.1 Å². The molecule has 0 bridgehead atoms. The van der Waals surface area contributed by atoms with Crippen LogP contribution in [0.2, 0.25) is 0 Å². The van der Waals surface area contributed by atoms with Crippen LogP contribution >= 0.6 is 0 Å². The first-order chi connectivity index (χ1) is 16.8. The van der Waals surface area contributed by atoms with Gasteiger partial charge in [-0.2, -0.15) is 9.41 Å². The Balaban J connectivity index is 1.74. The summed E-state index contributed by atoms with van der Waals surface area (Å²) in [6.45, 7) is 1.74. The van der Waals surface area contributed by atoms with Crippen molar-refractivity contribution in [2.75, 3.05) is 20.3 Å². The molecule has 35 heavy (non-hydrogen) atoms. The number of carbonyl (C=O) groups excluding carboxylic acids is 1. The van der Waals surface area contributed by atoms with Gasteiger partial charge in [0, 0.05) is 6.54 Å². The van der Waals surface area contributed by atoms with E-state index in [0.717, 1.165) is 4.31 Å². The summed E-state index contributed by atoms with van der Waals surface area (Å²) in [6, 6.07) is 18.3. The first-order valence-corrected chi connectivity index (χ1v) is 12.2. The van der Waals surface area contributed by atoms with Crippen LogP contribution in [0.5, 0.6) is 11.5 Å². The molecule has 0 spiro atoms. The van der Waals surface area contributed by atoms with Crippen molar-refractivity contribution < 1.29 is 27.1 Å². The zero-order valence-corrected chi connectivity index (χ0v) is 20.2. The predicted octanol–water partition coefficient (Wildman–Crippen LogP) is 3.57. The molecule has 1 N–H and O–H groups in total. The minimum Gasteiger partial charge on any atom is -0.493 e. The summed E-state index contributed by atoms with van der Waals surface area (Å²) >= 11 is 0. The maximum atomic E-state index is 13.3. The largest absolute Gasteiger partial charge is 0.493 e. The van der Waals surface area contributed by atoms with Crippen molar-refractivity contribution in [3.63, 3.8) is 0 Å². The van der Waals surface area contributed by atoms with Crippen LogP contribution in [0.1, 0.15) is 18.1 Å². The van der Waals surface area contributed by atoms with Crippen LogP contribution in [-0.4, -0.2) is 45.1 Å². The maximum absolute atomic E-state index is 13.3. The van der Waals surface area contributed by atoms with Gasteiger partial charge in [0.05, 0.1) is 31.4 Å². The van der Waals surface area contributed by atoms with Gasteiger partial charge in [0.15, 0.2) is 11.5 Å². The summed E-state index contributed by atoms with van der Waals surface area (Å²) in [5, 5.41) is 3.93. The Morgan fingerprint density at radius 2 is 1.77 bits per heavy atom. The van der Waals surface area contributed by atoms with E-state index in [0.29, 0.717) is 29.2 Å². The Morgan fingerprint density at radius 1 is 1.06 bits per heavy atom. The lowest BCUT2D eigenvalue weighted by Gasteiger charge is -2.21. The molecule has 0 radical (unpaired) electrons. The minimum absolute atomic E-state index is 0.0416. The van der Waals surface area contributed by atoms with Crippen LogP contribution in [-0.2, 0) is 21.4 Å². The highest BCUT2D eigenvalue weighted by molar-refractivity contribution is 7.89. The van der Waals surface area contributed by atoms with E-state index in [1.165, 1.54) is 49.7 Å². The first kappa shape index (κ1) is 25.9. The van der Waals surface area contributed by atoms with E-state index < -0.39 is 28.3 Å². The second-order valence-electron chi connectivity index (χ2n) is 7.35. The number of hydrogen-bond acceptors (Lipinski definition) is 6. The average molecular weight is 500 g/mol. The second kappa shape index (κ2) is 12.1. The Labute approximate surface area is 204 Å². The number of hydrazone groups is 1. The number of benzene rings is 3. The summed E-state index contributed by atoms with van der Waals surface area (Å²) in [7, 11) is -2.49. The number of carbonyl (C=O) groups is 1. The van der Waals surface area contributed by atoms with E-state index in [9.17, 15) is 17.6 Å². The lowest BCUT2D eigenvalue weighted by atomic mass is 10.2. The van der Waals surface area contributed by atoms with Gasteiger partial charge in [0.1, 0.15) is 5.82 Å². The Morgan fingerprint density at radius 3 is 2.43 bits per heavy atom. The van der Waals surface area contributed by atoms with Crippen molar-refractivity contribution in [1.82, 2.24) is 9.73 Å². The minimum atomic E-state index is -4.00. The normalized spacial score (nSPS) is 11.5. The quantitative estimate of drug-likeness (QED) is 0.321. The number of sulfonamides is 1. The number of hydrogen-bond donors (Lipinski definition) is 1. The fourth-order valence-electron chi connectivity index (χ4n) is 3.17. The van der Waals surface area contributed by atoms with Crippen LogP contribution in [0, 0.1) is 5.82 Å². The first-order valence-electron chi connectivity index (χ1n) is 10.8. The summed E-state index contributed by atoms with van der Waals surface area (Å²) in [5.74, 6) is 0.0188. The van der Waals surface area contributed by atoms with E-state index in [4.69, 9.17) is 9.47 Å². The van der Waals surface area contributed by atoms with Gasteiger partial charge in [0.2, 0.25) is 10.0 Å². The van der Waals surface area contributed by atoms with E-state index in [-0.39, 0.29) is 11.4 Å². The zero-order valence-electron chi connectivity index (χ0n) is 19.3. The molecule has 0 heterocycles. The monoisotopic (exact) mass is 499 g/mol. The van der Waals surface area contributed by atoms with Gasteiger partial charge in [-0.25, -0.2) is 18.2 Å². The molecule has 0 aliphatic rings. The van der Waals surface area contributed by atoms with Crippen LogP contribution in [0.15, 0.2) is 82.8 Å². The maximum Gasteiger partial charge on any atom is 0.255 e. The highest BCUT2D eigenvalue weighted by atomic mass is 32.2. The van der Waals surface area contributed by atoms with E-state index in [2.05, 4.69) is 10.5 Å². The molecule has 3 aromatic rings. The molecule has 3 rings (SSSR count). The molecule has 3 aromatic carbocycles. The zero-order chi connectivity index (χ0) is 25.3. The van der Waals surface area contributed by atoms with Crippen molar-refractivity contribution in [2.24, 2.45) is 5.10 Å². The van der Waals surface area contributed by atoms with Gasteiger partial charge in [-0.3, -0.25) is 4.79 Å². The molecule has 0 saturated heterocycles. The summed E-state index contributed by atoms with van der Waals surface area (Å²) < 4.78 is 51.5. The predicted molar refractivity (Wildman–Crippen MR) is 130 cm³/mol. The summed E-state index contributed by atoms with van der Waals surface area (Å²) in [4.78, 5) is 12.6. The molecule has 0 atom stereocenters. The Bertz CT molecular complexity index is 1270. The molecule has 8 nitrogen and oxygen atoms in total. The lowest BCUT2D eigenvalue weighted by Crippen LogP contribution is -2.39. The van der Waals surface area contributed by atoms with Crippen LogP contribution < -0.4 is 14.9 Å². The SMILES string of the molecule is CCOc1ccc(/C=N\NC(=O)CN(Cc2ccc(F)cc2)S(=O)(=O)c2ccccc2)cc1OC. The number of nitrogens with one attached hydrogen (secondary N) is 1. The standard InChI is InChI=1S/C25H26FN3O5S/c1-3-34-23-14-11-20(15-24(23)33-2)16-27-28-25(30)18-29(17-19-9-12-21(26)13-10-19)35(31,32)22-7-5-4-6-8-22/h4-16H,3,17-18H2,1-2H3,(H,28,30)/b27-16-. The number of amides is 1. The van der Waals surface area contributed by atoms with Crippen LogP contribution in [0.25, 0.3) is 0 Å². The fraction of sp³-hybridized carbons (Fsp3) is 0.200. The van der Waals surface area contributed by atoms with Gasteiger partial charge in [-0.15, -0.1) is 0 Å². The van der Waals surface area contributed by atoms with Crippen molar-refractivity contribution in [3.8, 4) is 11.5 Å². The van der Waals surface area contributed by atoms with E-state index in [1.807, 2.05) is 6.92 Å². The topological polar surface area (TPSA) is 97.3 Å². The molecule has 0 fully saturated rings. The van der Waals surface area contributed by atoms with E-state index in [1.54, 1.807) is 36.4 Å². The number of rotatable bonds is 11. The smallest absolute Gasteiger partial charge is 0.255 e. The third-order valence-corrected chi connectivity index (χ3v) is 6.67. The molecule has 0 saturated carbocycles. The third kappa shape index (κ3) is 7.11. The van der Waals surface area contributed by atoms with Crippen molar-refractivity contribution in [1.29, 1.82) is 0 Å². The van der Waals surface area contributed by atoms with Gasteiger partial charge in [0.25, 0.3) is 5.91 Å². The van der Waals surface area contributed by atoms with Crippen LogP contribution in [0.3, 0.4) is 0 Å². The molecular formula is C25H26FN3O5S. The number of halogens is 1. The highest BCUT2D eigenvalue weighted by Gasteiger charge is 2.26. The molecular weight excluding hydrogens is 473 g/mol. The fourth-order valence-corrected chi connectivity index (χ4v) is 4.58. The third-order valence-electron chi connectivity index (χ3n) is 4.86. The second-order valence-corrected chi connectivity index (χ2v) is 9.29. The average Bonchev–Trinajstić information content (AvgIpc) is 2.86. The van der Waals surface area contributed by atoms with Crippen molar-refractivity contribution in [2.45, 2.75) is 18.4 Å². The summed E-state index contributed by atoms with van der Waals surface area (Å²) in [6.07, 6.45) is 1.41. The van der Waals surface area contributed by atoms with E-state index >= 15 is 0 Å². The number of methoxy groups -OCH3 is 1. The molecule has 1 amide bonds. The van der Waals surface area contributed by atoms with Gasteiger partial charge >= 0.3 is 0 Å². The van der Waals surface area contributed by atoms with Crippen molar-refractivity contribution in [3.05, 3.63) is 89.7 Å². The molecule has 10 heteroatoms. The summed E-state index contributed by atoms with van der Waals surface area (Å²) in [5.41, 5.74) is 3.53. The molecule has 0 aliphatic heterocycles. The molecule has 0 aliphatic carbocycles. The number of nitrogens with zero attached hydrogens (tertiary/aromatic N) is 2. The van der Waals surface area contributed by atoms with Gasteiger partial charge in [-0.05, 0) is 60.5 Å². The lowest BCUT2D eigenvalue weighted by molar-refractivity contribution is -0.121. The van der Waals surface area contributed by atoms with Crippen LogP contribution in [0.4, 0.5) is 4.39 Å². The molecule has 0 aromatic heterocycles. The Kier molecular flexibility index (Phi) is 8.93. The number of ether oxygens (including phenoxy) is 2. The molecule has 184 valence electrons.